The number of carbonyl (C=O) groups excluding carboxylic acids is 1. The summed E-state index contributed by atoms with van der Waals surface area (Å²) in [4.78, 5) is 13.9. The van der Waals surface area contributed by atoms with E-state index in [1.165, 1.54) is 6.07 Å². The molecule has 0 aliphatic carbocycles. The van der Waals surface area contributed by atoms with E-state index in [4.69, 9.17) is 5.11 Å². The van der Waals surface area contributed by atoms with Crippen molar-refractivity contribution in [2.45, 2.75) is 38.3 Å². The SMILES string of the molecule is O=C(NCc1ccccc1F)N1CCC[C@H]1CCCO. The van der Waals surface area contributed by atoms with E-state index in [-0.39, 0.29) is 31.0 Å². The lowest BCUT2D eigenvalue weighted by Gasteiger charge is -2.25. The molecule has 1 fully saturated rings. The molecule has 0 radical (unpaired) electrons. The van der Waals surface area contributed by atoms with Crippen LogP contribution in [0.4, 0.5) is 9.18 Å². The standard InChI is InChI=1S/C15H21FN2O2/c16-14-8-2-1-5-12(14)11-17-15(20)18-9-3-6-13(18)7-4-10-19/h1-2,5,8,13,19H,3-4,6-7,9-11H2,(H,17,20)/t13-/m0/s1. The van der Waals surface area contributed by atoms with E-state index in [2.05, 4.69) is 5.32 Å². The molecule has 0 saturated carbocycles. The molecule has 0 unspecified atom stereocenters. The van der Waals surface area contributed by atoms with Crippen molar-refractivity contribution in [2.24, 2.45) is 0 Å². The first kappa shape index (κ1) is 14.8. The van der Waals surface area contributed by atoms with Crippen LogP contribution in [0.5, 0.6) is 0 Å². The molecule has 4 nitrogen and oxygen atoms in total. The van der Waals surface area contributed by atoms with Gasteiger partial charge in [-0.1, -0.05) is 18.2 Å². The van der Waals surface area contributed by atoms with Crippen molar-refractivity contribution < 1.29 is 14.3 Å². The van der Waals surface area contributed by atoms with Crippen molar-refractivity contribution in [3.05, 3.63) is 35.6 Å². The number of hydrogen-bond donors (Lipinski definition) is 2. The van der Waals surface area contributed by atoms with Gasteiger partial charge in [-0.25, -0.2) is 9.18 Å². The summed E-state index contributed by atoms with van der Waals surface area (Å²) in [7, 11) is 0. The van der Waals surface area contributed by atoms with Gasteiger partial charge in [0.15, 0.2) is 0 Å². The summed E-state index contributed by atoms with van der Waals surface area (Å²) in [5.41, 5.74) is 0.493. The van der Waals surface area contributed by atoms with Gasteiger partial charge in [-0.15, -0.1) is 0 Å². The Morgan fingerprint density at radius 2 is 2.25 bits per heavy atom. The Kier molecular flexibility index (Phi) is 5.35. The van der Waals surface area contributed by atoms with Crippen molar-refractivity contribution >= 4 is 6.03 Å². The molecule has 0 bridgehead atoms. The van der Waals surface area contributed by atoms with Gasteiger partial charge in [-0.2, -0.15) is 0 Å². The molecule has 1 saturated heterocycles. The normalized spacial score (nSPS) is 18.3. The number of likely N-dealkylation sites (tertiary alicyclic amines) is 1. The molecule has 1 aliphatic heterocycles. The first-order chi connectivity index (χ1) is 9.72. The summed E-state index contributed by atoms with van der Waals surface area (Å²) in [6.07, 6.45) is 3.50. The van der Waals surface area contributed by atoms with E-state index in [1.807, 2.05) is 0 Å². The second-order valence-electron chi connectivity index (χ2n) is 5.11. The van der Waals surface area contributed by atoms with E-state index in [1.54, 1.807) is 23.1 Å². The van der Waals surface area contributed by atoms with E-state index in [0.717, 1.165) is 25.8 Å². The second kappa shape index (κ2) is 7.24. The number of amides is 2. The number of aliphatic hydroxyl groups is 1. The average Bonchev–Trinajstić information content (AvgIpc) is 2.92. The number of aliphatic hydroxyl groups excluding tert-OH is 1. The summed E-state index contributed by atoms with van der Waals surface area (Å²) in [6.45, 7) is 1.09. The maximum atomic E-state index is 13.5. The lowest BCUT2D eigenvalue weighted by molar-refractivity contribution is 0.184. The van der Waals surface area contributed by atoms with Crippen molar-refractivity contribution in [3.63, 3.8) is 0 Å². The molecule has 0 spiro atoms. The Balaban J connectivity index is 1.86. The Morgan fingerprint density at radius 3 is 3.00 bits per heavy atom. The van der Waals surface area contributed by atoms with Gasteiger partial charge in [0.2, 0.25) is 0 Å². The molecule has 110 valence electrons. The monoisotopic (exact) mass is 280 g/mol. The summed E-state index contributed by atoms with van der Waals surface area (Å²) < 4.78 is 13.5. The van der Waals surface area contributed by atoms with Crippen molar-refractivity contribution in [1.82, 2.24) is 10.2 Å². The lowest BCUT2D eigenvalue weighted by atomic mass is 10.1. The van der Waals surface area contributed by atoms with Crippen LogP contribution in [0.15, 0.2) is 24.3 Å². The fourth-order valence-electron chi connectivity index (χ4n) is 2.64. The third kappa shape index (κ3) is 3.70. The molecule has 1 aromatic carbocycles. The minimum Gasteiger partial charge on any atom is -0.396 e. The number of urea groups is 1. The zero-order valence-electron chi connectivity index (χ0n) is 11.5. The van der Waals surface area contributed by atoms with Crippen LogP contribution in [0.2, 0.25) is 0 Å². The van der Waals surface area contributed by atoms with Gasteiger partial charge in [-0.05, 0) is 31.7 Å². The van der Waals surface area contributed by atoms with Crippen LogP contribution in [0.25, 0.3) is 0 Å². The molecule has 2 amide bonds. The molecule has 2 rings (SSSR count). The topological polar surface area (TPSA) is 52.6 Å². The van der Waals surface area contributed by atoms with Crippen LogP contribution in [0, 0.1) is 5.82 Å². The third-order valence-corrected chi connectivity index (χ3v) is 3.72. The summed E-state index contributed by atoms with van der Waals surface area (Å²) >= 11 is 0. The van der Waals surface area contributed by atoms with Gasteiger partial charge in [0.05, 0.1) is 0 Å². The molecule has 0 aromatic heterocycles. The minimum atomic E-state index is -0.300. The Hall–Kier alpha value is -1.62. The lowest BCUT2D eigenvalue weighted by Crippen LogP contribution is -2.42. The maximum Gasteiger partial charge on any atom is 0.317 e. The van der Waals surface area contributed by atoms with Crippen LogP contribution in [-0.4, -0.2) is 35.2 Å². The Bertz CT molecular complexity index is 453. The summed E-state index contributed by atoms with van der Waals surface area (Å²) in [5.74, 6) is -0.300. The zero-order valence-corrected chi connectivity index (χ0v) is 11.5. The Morgan fingerprint density at radius 1 is 1.45 bits per heavy atom. The zero-order chi connectivity index (χ0) is 14.4. The number of rotatable bonds is 5. The highest BCUT2D eigenvalue weighted by Crippen LogP contribution is 2.21. The molecule has 5 heteroatoms. The predicted octanol–water partition coefficient (Wildman–Crippen LogP) is 2.27. The highest BCUT2D eigenvalue weighted by atomic mass is 19.1. The molecular weight excluding hydrogens is 259 g/mol. The average molecular weight is 280 g/mol. The van der Waals surface area contributed by atoms with E-state index < -0.39 is 0 Å². The van der Waals surface area contributed by atoms with Crippen LogP contribution < -0.4 is 5.32 Å². The van der Waals surface area contributed by atoms with Gasteiger partial charge in [0.25, 0.3) is 0 Å². The summed E-state index contributed by atoms with van der Waals surface area (Å²) in [5, 5.41) is 11.6. The van der Waals surface area contributed by atoms with Crippen LogP contribution in [0.3, 0.4) is 0 Å². The number of benzene rings is 1. The largest absolute Gasteiger partial charge is 0.396 e. The molecular formula is C15H21FN2O2. The first-order valence-corrected chi connectivity index (χ1v) is 7.11. The van der Waals surface area contributed by atoms with Gasteiger partial charge in [0.1, 0.15) is 5.82 Å². The van der Waals surface area contributed by atoms with Crippen molar-refractivity contribution in [1.29, 1.82) is 0 Å². The second-order valence-corrected chi connectivity index (χ2v) is 5.11. The van der Waals surface area contributed by atoms with Gasteiger partial charge < -0.3 is 15.3 Å². The minimum absolute atomic E-state index is 0.145. The van der Waals surface area contributed by atoms with Gasteiger partial charge in [0, 0.05) is 31.3 Å². The van der Waals surface area contributed by atoms with Crippen molar-refractivity contribution in [2.75, 3.05) is 13.2 Å². The van der Waals surface area contributed by atoms with Crippen molar-refractivity contribution in [3.8, 4) is 0 Å². The molecule has 2 N–H and O–H groups in total. The Labute approximate surface area is 118 Å². The number of hydrogen-bond acceptors (Lipinski definition) is 2. The highest BCUT2D eigenvalue weighted by molar-refractivity contribution is 5.74. The smallest absolute Gasteiger partial charge is 0.317 e. The predicted molar refractivity (Wildman–Crippen MR) is 74.7 cm³/mol. The van der Waals surface area contributed by atoms with Gasteiger partial charge >= 0.3 is 6.03 Å². The van der Waals surface area contributed by atoms with E-state index in [9.17, 15) is 9.18 Å². The summed E-state index contributed by atoms with van der Waals surface area (Å²) in [6, 6.07) is 6.50. The molecule has 20 heavy (non-hydrogen) atoms. The van der Waals surface area contributed by atoms with E-state index in [0.29, 0.717) is 12.0 Å². The fraction of sp³-hybridized carbons (Fsp3) is 0.533. The van der Waals surface area contributed by atoms with Crippen LogP contribution in [0.1, 0.15) is 31.2 Å². The highest BCUT2D eigenvalue weighted by Gasteiger charge is 2.27. The molecule has 1 aliphatic rings. The maximum absolute atomic E-state index is 13.5. The first-order valence-electron chi connectivity index (χ1n) is 7.11. The van der Waals surface area contributed by atoms with Crippen LogP contribution in [-0.2, 0) is 6.54 Å². The number of nitrogens with zero attached hydrogens (tertiary/aromatic N) is 1. The number of nitrogens with one attached hydrogen (secondary N) is 1. The quantitative estimate of drug-likeness (QED) is 0.869. The molecule has 1 heterocycles. The number of carbonyl (C=O) groups is 1. The number of halogens is 1. The van der Waals surface area contributed by atoms with Gasteiger partial charge in [-0.3, -0.25) is 0 Å². The molecule has 1 aromatic rings. The van der Waals surface area contributed by atoms with Crippen LogP contribution >= 0.6 is 0 Å². The van der Waals surface area contributed by atoms with E-state index >= 15 is 0 Å². The third-order valence-electron chi connectivity index (χ3n) is 3.72. The fourth-order valence-corrected chi connectivity index (χ4v) is 2.64. The molecule has 1 atom stereocenters.